The summed E-state index contributed by atoms with van der Waals surface area (Å²) in [4.78, 5) is 11.4. The molecule has 1 aliphatic carbocycles. The quantitative estimate of drug-likeness (QED) is 0.689. The van der Waals surface area contributed by atoms with E-state index in [1.165, 1.54) is 12.1 Å². The van der Waals surface area contributed by atoms with Crippen molar-refractivity contribution in [2.45, 2.75) is 32.1 Å². The molecule has 0 spiro atoms. The van der Waals surface area contributed by atoms with E-state index >= 15 is 0 Å². The van der Waals surface area contributed by atoms with Gasteiger partial charge in [-0.25, -0.2) is 4.39 Å². The lowest BCUT2D eigenvalue weighted by Gasteiger charge is -2.28. The number of halogens is 1. The predicted octanol–water partition coefficient (Wildman–Crippen LogP) is 3.30. The van der Waals surface area contributed by atoms with Gasteiger partial charge in [0, 0.05) is 12.8 Å². The van der Waals surface area contributed by atoms with Crippen LogP contribution < -0.4 is 0 Å². The number of rotatable bonds is 1. The summed E-state index contributed by atoms with van der Waals surface area (Å²) in [5, 5.41) is 0. The van der Waals surface area contributed by atoms with E-state index in [2.05, 4.69) is 6.92 Å². The Morgan fingerprint density at radius 3 is 2.60 bits per heavy atom. The Morgan fingerprint density at radius 1 is 1.27 bits per heavy atom. The largest absolute Gasteiger partial charge is 0.300 e. The second-order valence-corrected chi connectivity index (χ2v) is 4.42. The Bertz CT molecular complexity index is 355. The summed E-state index contributed by atoms with van der Waals surface area (Å²) >= 11 is 0. The molecule has 2 atom stereocenters. The van der Waals surface area contributed by atoms with Gasteiger partial charge < -0.3 is 0 Å². The minimum atomic E-state index is -0.214. The molecule has 1 aromatic rings. The molecule has 0 aliphatic heterocycles. The van der Waals surface area contributed by atoms with E-state index in [1.54, 1.807) is 12.1 Å². The first-order valence-electron chi connectivity index (χ1n) is 5.44. The van der Waals surface area contributed by atoms with Crippen molar-refractivity contribution in [3.63, 3.8) is 0 Å². The van der Waals surface area contributed by atoms with Gasteiger partial charge >= 0.3 is 0 Å². The van der Waals surface area contributed by atoms with Gasteiger partial charge in [0.05, 0.1) is 0 Å². The summed E-state index contributed by atoms with van der Waals surface area (Å²) in [5.41, 5.74) is 1.09. The van der Waals surface area contributed by atoms with Gasteiger partial charge in [-0.05, 0) is 36.0 Å². The number of hydrogen-bond acceptors (Lipinski definition) is 1. The standard InChI is InChI=1S/C13H15FO/c1-9-2-7-12(15)8-13(9)10-3-5-11(14)6-4-10/h3-6,9,13H,2,7-8H2,1H3/t9-,13-/m0/s1. The van der Waals surface area contributed by atoms with Crippen LogP contribution in [0.4, 0.5) is 4.39 Å². The number of Topliss-reactive ketones (excluding diaryl/α,β-unsaturated/α-hetero) is 1. The summed E-state index contributed by atoms with van der Waals surface area (Å²) in [6, 6.07) is 6.55. The third kappa shape index (κ3) is 2.25. The molecule has 2 rings (SSSR count). The zero-order chi connectivity index (χ0) is 10.8. The maximum atomic E-state index is 12.8. The molecule has 0 aromatic heterocycles. The van der Waals surface area contributed by atoms with Gasteiger partial charge in [-0.15, -0.1) is 0 Å². The highest BCUT2D eigenvalue weighted by molar-refractivity contribution is 5.80. The molecule has 1 fully saturated rings. The van der Waals surface area contributed by atoms with E-state index in [4.69, 9.17) is 0 Å². The zero-order valence-corrected chi connectivity index (χ0v) is 8.87. The lowest BCUT2D eigenvalue weighted by Crippen LogP contribution is -2.21. The molecule has 0 radical (unpaired) electrons. The molecule has 0 unspecified atom stereocenters. The van der Waals surface area contributed by atoms with Crippen molar-refractivity contribution in [2.75, 3.05) is 0 Å². The molecule has 1 aliphatic rings. The van der Waals surface area contributed by atoms with E-state index < -0.39 is 0 Å². The molecule has 0 amide bonds. The van der Waals surface area contributed by atoms with Crippen molar-refractivity contribution < 1.29 is 9.18 Å². The fourth-order valence-corrected chi connectivity index (χ4v) is 2.29. The summed E-state index contributed by atoms with van der Waals surface area (Å²) in [6.45, 7) is 2.17. The Labute approximate surface area is 89.3 Å². The normalized spacial score (nSPS) is 26.7. The van der Waals surface area contributed by atoms with Gasteiger partial charge in [-0.2, -0.15) is 0 Å². The van der Waals surface area contributed by atoms with Gasteiger partial charge in [0.1, 0.15) is 11.6 Å². The Balaban J connectivity index is 2.21. The lowest BCUT2D eigenvalue weighted by atomic mass is 9.76. The Hall–Kier alpha value is -1.18. The van der Waals surface area contributed by atoms with E-state index in [1.807, 2.05) is 0 Å². The molecule has 0 heterocycles. The van der Waals surface area contributed by atoms with E-state index in [0.29, 0.717) is 24.5 Å². The molecule has 1 saturated carbocycles. The maximum Gasteiger partial charge on any atom is 0.133 e. The highest BCUT2D eigenvalue weighted by atomic mass is 19.1. The van der Waals surface area contributed by atoms with Crippen molar-refractivity contribution in [1.82, 2.24) is 0 Å². The van der Waals surface area contributed by atoms with Crippen LogP contribution in [0, 0.1) is 11.7 Å². The molecule has 1 nitrogen and oxygen atoms in total. The van der Waals surface area contributed by atoms with Crippen molar-refractivity contribution in [3.8, 4) is 0 Å². The summed E-state index contributed by atoms with van der Waals surface area (Å²) in [7, 11) is 0. The van der Waals surface area contributed by atoms with Crippen LogP contribution in [0.15, 0.2) is 24.3 Å². The second kappa shape index (κ2) is 4.13. The fourth-order valence-electron chi connectivity index (χ4n) is 2.29. The first-order valence-corrected chi connectivity index (χ1v) is 5.44. The maximum absolute atomic E-state index is 12.8. The smallest absolute Gasteiger partial charge is 0.133 e. The van der Waals surface area contributed by atoms with E-state index in [-0.39, 0.29) is 11.7 Å². The molecule has 0 N–H and O–H groups in total. The topological polar surface area (TPSA) is 17.1 Å². The first-order chi connectivity index (χ1) is 7.16. The van der Waals surface area contributed by atoms with E-state index in [0.717, 1.165) is 12.0 Å². The average Bonchev–Trinajstić information content (AvgIpc) is 2.23. The van der Waals surface area contributed by atoms with Crippen LogP contribution in [0.2, 0.25) is 0 Å². The Kier molecular flexibility index (Phi) is 2.85. The third-order valence-electron chi connectivity index (χ3n) is 3.31. The predicted molar refractivity (Wildman–Crippen MR) is 57.2 cm³/mol. The molecule has 80 valence electrons. The number of ketones is 1. The summed E-state index contributed by atoms with van der Waals surface area (Å²) in [5.74, 6) is 0.927. The zero-order valence-electron chi connectivity index (χ0n) is 8.87. The van der Waals surface area contributed by atoms with Crippen LogP contribution in [0.25, 0.3) is 0 Å². The van der Waals surface area contributed by atoms with Crippen LogP contribution >= 0.6 is 0 Å². The number of benzene rings is 1. The molecule has 1 aromatic carbocycles. The van der Waals surface area contributed by atoms with Gasteiger partial charge in [-0.3, -0.25) is 4.79 Å². The number of carbonyl (C=O) groups excluding carboxylic acids is 1. The highest BCUT2D eigenvalue weighted by Crippen LogP contribution is 2.35. The van der Waals surface area contributed by atoms with Crippen LogP contribution in [0.1, 0.15) is 37.7 Å². The van der Waals surface area contributed by atoms with Crippen LogP contribution in [-0.4, -0.2) is 5.78 Å². The van der Waals surface area contributed by atoms with Crippen LogP contribution in [-0.2, 0) is 4.79 Å². The van der Waals surface area contributed by atoms with E-state index in [9.17, 15) is 9.18 Å². The van der Waals surface area contributed by atoms with Gasteiger partial charge in [0.15, 0.2) is 0 Å². The van der Waals surface area contributed by atoms with Gasteiger partial charge in [0.2, 0.25) is 0 Å². The average molecular weight is 206 g/mol. The molecule has 15 heavy (non-hydrogen) atoms. The second-order valence-electron chi connectivity index (χ2n) is 4.42. The summed E-state index contributed by atoms with van der Waals surface area (Å²) in [6.07, 6.45) is 2.28. The van der Waals surface area contributed by atoms with Gasteiger partial charge in [0.25, 0.3) is 0 Å². The van der Waals surface area contributed by atoms with Crippen molar-refractivity contribution in [2.24, 2.45) is 5.92 Å². The monoisotopic (exact) mass is 206 g/mol. The van der Waals surface area contributed by atoms with Crippen molar-refractivity contribution >= 4 is 5.78 Å². The first kappa shape index (κ1) is 10.3. The van der Waals surface area contributed by atoms with Crippen LogP contribution in [0.3, 0.4) is 0 Å². The van der Waals surface area contributed by atoms with Gasteiger partial charge in [-0.1, -0.05) is 19.1 Å². The van der Waals surface area contributed by atoms with Crippen molar-refractivity contribution in [3.05, 3.63) is 35.6 Å². The molecule has 0 saturated heterocycles. The SMILES string of the molecule is C[C@H]1CCC(=O)C[C@@H]1c1ccc(F)cc1. The third-order valence-corrected chi connectivity index (χ3v) is 3.31. The number of carbonyl (C=O) groups is 1. The molecular weight excluding hydrogens is 191 g/mol. The minimum absolute atomic E-state index is 0.214. The highest BCUT2D eigenvalue weighted by Gasteiger charge is 2.27. The minimum Gasteiger partial charge on any atom is -0.300 e. The lowest BCUT2D eigenvalue weighted by molar-refractivity contribution is -0.121. The number of hydrogen-bond donors (Lipinski definition) is 0. The van der Waals surface area contributed by atoms with Crippen LogP contribution in [0.5, 0.6) is 0 Å². The summed E-state index contributed by atoms with van der Waals surface area (Å²) < 4.78 is 12.8. The molecular formula is C13H15FO. The fraction of sp³-hybridized carbons (Fsp3) is 0.462. The molecule has 2 heteroatoms. The van der Waals surface area contributed by atoms with Crippen molar-refractivity contribution in [1.29, 1.82) is 0 Å². The molecule has 0 bridgehead atoms. The Morgan fingerprint density at radius 2 is 1.93 bits per heavy atom.